The fraction of sp³-hybridized carbons (Fsp3) is 0.500. The number of fused-ring (bicyclic) bond motifs is 2. The van der Waals surface area contributed by atoms with Crippen molar-refractivity contribution in [1.82, 2.24) is 10.3 Å². The molecule has 0 aromatic carbocycles. The molecule has 2 N–H and O–H groups in total. The zero-order chi connectivity index (χ0) is 13.9. The van der Waals surface area contributed by atoms with E-state index in [1.165, 1.54) is 19.3 Å². The predicted molar refractivity (Wildman–Crippen MR) is 74.9 cm³/mol. The van der Waals surface area contributed by atoms with Crippen molar-refractivity contribution in [3.05, 3.63) is 29.6 Å². The molecule has 2 saturated carbocycles. The van der Waals surface area contributed by atoms with E-state index in [0.717, 1.165) is 12.3 Å². The van der Waals surface area contributed by atoms with Gasteiger partial charge in [0.2, 0.25) is 0 Å². The first-order valence-corrected chi connectivity index (χ1v) is 7.12. The first kappa shape index (κ1) is 13.1. The molecule has 1 aromatic rings. The van der Waals surface area contributed by atoms with Gasteiger partial charge in [0.25, 0.3) is 5.91 Å². The third-order valence-electron chi connectivity index (χ3n) is 4.37. The second-order valence-electron chi connectivity index (χ2n) is 5.68. The monoisotopic (exact) mass is 270 g/mol. The molecule has 20 heavy (non-hydrogen) atoms. The number of aliphatic hydroxyl groups excluding tert-OH is 1. The Labute approximate surface area is 118 Å². The molecule has 2 aliphatic carbocycles. The molecule has 1 heterocycles. The average Bonchev–Trinajstić information content (AvgIpc) is 3.08. The number of carbonyl (C=O) groups is 1. The van der Waals surface area contributed by atoms with E-state index in [4.69, 9.17) is 5.11 Å². The highest BCUT2D eigenvalue weighted by Crippen LogP contribution is 2.44. The molecule has 0 spiro atoms. The lowest BCUT2D eigenvalue weighted by Crippen LogP contribution is -2.38. The van der Waals surface area contributed by atoms with Crippen molar-refractivity contribution in [2.45, 2.75) is 31.7 Å². The summed E-state index contributed by atoms with van der Waals surface area (Å²) >= 11 is 0. The van der Waals surface area contributed by atoms with Crippen LogP contribution in [-0.2, 0) is 0 Å². The summed E-state index contributed by atoms with van der Waals surface area (Å²) in [5.41, 5.74) is 1.19. The summed E-state index contributed by atoms with van der Waals surface area (Å²) in [4.78, 5) is 16.3. The molecular weight excluding hydrogens is 252 g/mol. The SMILES string of the molecule is O=C(NC1CC2CCC1C2)c1cncc(C#CCO)c1. The first-order chi connectivity index (χ1) is 9.76. The van der Waals surface area contributed by atoms with Gasteiger partial charge in [0, 0.05) is 24.0 Å². The van der Waals surface area contributed by atoms with Crippen molar-refractivity contribution in [1.29, 1.82) is 0 Å². The molecule has 1 aromatic heterocycles. The van der Waals surface area contributed by atoms with Crippen LogP contribution in [0.4, 0.5) is 0 Å². The minimum absolute atomic E-state index is 0.0669. The second-order valence-corrected chi connectivity index (χ2v) is 5.68. The number of aliphatic hydroxyl groups is 1. The van der Waals surface area contributed by atoms with Crippen LogP contribution in [0.5, 0.6) is 0 Å². The minimum Gasteiger partial charge on any atom is -0.384 e. The van der Waals surface area contributed by atoms with Crippen molar-refractivity contribution in [3.63, 3.8) is 0 Å². The summed E-state index contributed by atoms with van der Waals surface area (Å²) in [6.45, 7) is -0.193. The van der Waals surface area contributed by atoms with E-state index < -0.39 is 0 Å². The molecule has 0 aliphatic heterocycles. The summed E-state index contributed by atoms with van der Waals surface area (Å²) in [5.74, 6) is 6.73. The molecule has 0 radical (unpaired) electrons. The summed E-state index contributed by atoms with van der Waals surface area (Å²) in [5, 5.41) is 11.8. The third-order valence-corrected chi connectivity index (χ3v) is 4.37. The zero-order valence-electron chi connectivity index (χ0n) is 11.3. The standard InChI is InChI=1S/C16H18N2O2/c19-5-1-2-12-7-14(10-17-9-12)16(20)18-15-8-11-3-4-13(15)6-11/h7,9-11,13,15,19H,3-6,8H2,(H,18,20). The topological polar surface area (TPSA) is 62.2 Å². The van der Waals surface area contributed by atoms with Gasteiger partial charge in [-0.15, -0.1) is 0 Å². The van der Waals surface area contributed by atoms with Crippen molar-refractivity contribution in [3.8, 4) is 11.8 Å². The molecule has 2 fully saturated rings. The van der Waals surface area contributed by atoms with Gasteiger partial charge in [0.15, 0.2) is 0 Å². The molecule has 104 valence electrons. The lowest BCUT2D eigenvalue weighted by Gasteiger charge is -2.22. The van der Waals surface area contributed by atoms with Crippen LogP contribution in [0.1, 0.15) is 41.6 Å². The number of hydrogen-bond acceptors (Lipinski definition) is 3. The Kier molecular flexibility index (Phi) is 3.70. The Balaban J connectivity index is 1.68. The maximum Gasteiger partial charge on any atom is 0.253 e. The van der Waals surface area contributed by atoms with Crippen molar-refractivity contribution < 1.29 is 9.90 Å². The van der Waals surface area contributed by atoms with Gasteiger partial charge < -0.3 is 10.4 Å². The number of amides is 1. The van der Waals surface area contributed by atoms with Gasteiger partial charge in [-0.05, 0) is 37.2 Å². The van der Waals surface area contributed by atoms with Gasteiger partial charge >= 0.3 is 0 Å². The van der Waals surface area contributed by atoms with Crippen LogP contribution in [0.25, 0.3) is 0 Å². The van der Waals surface area contributed by atoms with Gasteiger partial charge in [-0.2, -0.15) is 0 Å². The molecule has 0 saturated heterocycles. The molecule has 3 rings (SSSR count). The summed E-state index contributed by atoms with van der Waals surface area (Å²) < 4.78 is 0. The van der Waals surface area contributed by atoms with E-state index in [-0.39, 0.29) is 12.5 Å². The van der Waals surface area contributed by atoms with Crippen molar-refractivity contribution >= 4 is 5.91 Å². The highest BCUT2D eigenvalue weighted by Gasteiger charge is 2.40. The van der Waals surface area contributed by atoms with Crippen LogP contribution in [0.15, 0.2) is 18.5 Å². The number of nitrogens with one attached hydrogen (secondary N) is 1. The highest BCUT2D eigenvalue weighted by molar-refractivity contribution is 5.94. The second kappa shape index (κ2) is 5.64. The van der Waals surface area contributed by atoms with E-state index in [1.54, 1.807) is 18.5 Å². The first-order valence-electron chi connectivity index (χ1n) is 7.12. The summed E-state index contributed by atoms with van der Waals surface area (Å²) in [6.07, 6.45) is 8.11. The fourth-order valence-corrected chi connectivity index (χ4v) is 3.45. The summed E-state index contributed by atoms with van der Waals surface area (Å²) in [6, 6.07) is 2.05. The van der Waals surface area contributed by atoms with E-state index in [9.17, 15) is 4.79 Å². The van der Waals surface area contributed by atoms with Crippen LogP contribution in [0.3, 0.4) is 0 Å². The Hall–Kier alpha value is -1.86. The van der Waals surface area contributed by atoms with Crippen LogP contribution in [0, 0.1) is 23.7 Å². The Morgan fingerprint density at radius 2 is 2.30 bits per heavy atom. The van der Waals surface area contributed by atoms with E-state index >= 15 is 0 Å². The third kappa shape index (κ3) is 2.68. The van der Waals surface area contributed by atoms with Gasteiger partial charge in [-0.25, -0.2) is 0 Å². The quantitative estimate of drug-likeness (QED) is 0.797. The van der Waals surface area contributed by atoms with Crippen molar-refractivity contribution in [2.24, 2.45) is 11.8 Å². The van der Waals surface area contributed by atoms with Crippen molar-refractivity contribution in [2.75, 3.05) is 6.61 Å². The van der Waals surface area contributed by atoms with Gasteiger partial charge in [-0.3, -0.25) is 9.78 Å². The fourth-order valence-electron chi connectivity index (χ4n) is 3.45. The van der Waals surface area contributed by atoms with E-state index in [2.05, 4.69) is 22.1 Å². The molecule has 4 nitrogen and oxygen atoms in total. The molecule has 3 atom stereocenters. The largest absolute Gasteiger partial charge is 0.384 e. The van der Waals surface area contributed by atoms with Crippen LogP contribution in [-0.4, -0.2) is 28.6 Å². The van der Waals surface area contributed by atoms with E-state index in [1.807, 2.05) is 0 Å². The molecule has 4 heteroatoms. The van der Waals surface area contributed by atoms with Crippen LogP contribution in [0.2, 0.25) is 0 Å². The molecule has 3 unspecified atom stereocenters. The normalized spacial score (nSPS) is 26.9. The Morgan fingerprint density at radius 1 is 1.40 bits per heavy atom. The molecular formula is C16H18N2O2. The maximum atomic E-state index is 12.3. The maximum absolute atomic E-state index is 12.3. The minimum atomic E-state index is -0.193. The zero-order valence-corrected chi connectivity index (χ0v) is 11.3. The Morgan fingerprint density at radius 3 is 3.00 bits per heavy atom. The van der Waals surface area contributed by atoms with Crippen LogP contribution < -0.4 is 5.32 Å². The number of pyridine rings is 1. The number of rotatable bonds is 2. The van der Waals surface area contributed by atoms with Crippen LogP contribution >= 0.6 is 0 Å². The number of aromatic nitrogens is 1. The average molecular weight is 270 g/mol. The van der Waals surface area contributed by atoms with E-state index in [0.29, 0.717) is 23.1 Å². The Bertz CT molecular complexity index is 573. The van der Waals surface area contributed by atoms with Gasteiger partial charge in [0.1, 0.15) is 6.61 Å². The smallest absolute Gasteiger partial charge is 0.253 e. The predicted octanol–water partition coefficient (Wildman–Crippen LogP) is 1.34. The van der Waals surface area contributed by atoms with Gasteiger partial charge in [0.05, 0.1) is 5.56 Å². The lowest BCUT2D eigenvalue weighted by molar-refractivity contribution is 0.0922. The lowest BCUT2D eigenvalue weighted by atomic mass is 9.95. The highest BCUT2D eigenvalue weighted by atomic mass is 16.2. The number of hydrogen-bond donors (Lipinski definition) is 2. The number of carbonyl (C=O) groups excluding carboxylic acids is 1. The van der Waals surface area contributed by atoms with Gasteiger partial charge in [-0.1, -0.05) is 18.3 Å². The molecule has 2 aliphatic rings. The molecule has 2 bridgehead atoms. The number of nitrogens with zero attached hydrogens (tertiary/aromatic N) is 1. The molecule has 1 amide bonds. The summed E-state index contributed by atoms with van der Waals surface area (Å²) in [7, 11) is 0.